The summed E-state index contributed by atoms with van der Waals surface area (Å²) in [5.41, 5.74) is 5.63. The number of ether oxygens (including phenoxy) is 1. The second kappa shape index (κ2) is 6.93. The average molecular weight is 405 g/mol. The van der Waals surface area contributed by atoms with Gasteiger partial charge in [0.2, 0.25) is 0 Å². The Labute approximate surface area is 179 Å². The summed E-state index contributed by atoms with van der Waals surface area (Å²) in [6, 6.07) is 10.6. The number of allylic oxidation sites excluding steroid dienone is 2. The Hall–Kier alpha value is -2.16. The molecule has 1 aromatic rings. The lowest BCUT2D eigenvalue weighted by Crippen LogP contribution is -2.44. The molecule has 5 rings (SSSR count). The van der Waals surface area contributed by atoms with Crippen LogP contribution in [-0.2, 0) is 19.7 Å². The van der Waals surface area contributed by atoms with E-state index in [1.807, 2.05) is 6.08 Å². The van der Waals surface area contributed by atoms with Crippen LogP contribution >= 0.6 is 0 Å². The smallest absolute Gasteiger partial charge is 0.302 e. The molecule has 0 bridgehead atoms. The monoisotopic (exact) mass is 404 g/mol. The summed E-state index contributed by atoms with van der Waals surface area (Å²) in [6.45, 7) is 6.22. The van der Waals surface area contributed by atoms with Gasteiger partial charge in [-0.15, -0.1) is 0 Å². The van der Waals surface area contributed by atoms with Crippen molar-refractivity contribution in [3.05, 3.63) is 58.7 Å². The van der Waals surface area contributed by atoms with Crippen molar-refractivity contribution in [1.82, 2.24) is 0 Å². The van der Waals surface area contributed by atoms with Gasteiger partial charge in [0.15, 0.2) is 5.78 Å². The number of hydrogen-bond acceptors (Lipinski definition) is 3. The van der Waals surface area contributed by atoms with Crippen LogP contribution in [0.15, 0.2) is 53.1 Å². The average Bonchev–Trinajstić information content (AvgIpc) is 3.02. The Morgan fingerprint density at radius 1 is 1.07 bits per heavy atom. The number of esters is 1. The van der Waals surface area contributed by atoms with Gasteiger partial charge >= 0.3 is 5.97 Å². The standard InChI is InChI=1S/C27H32O3/c1-17(28)30-25-16-22-21-10-9-19-15-20(29)13-14-26(19,2)23(21)11-12-24(22)27(25,3)18-7-5-4-6-8-18/h4-8,15,21,23,25H,9-14,16H2,1-3H3/t21?,23?,25-,26+,27+/m1/s1. The molecule has 0 amide bonds. The first-order chi connectivity index (χ1) is 14.3. The van der Waals surface area contributed by atoms with Gasteiger partial charge in [-0.1, -0.05) is 54.0 Å². The van der Waals surface area contributed by atoms with Gasteiger partial charge in [-0.25, -0.2) is 0 Å². The highest BCUT2D eigenvalue weighted by molar-refractivity contribution is 5.91. The molecular weight excluding hydrogens is 372 g/mol. The Morgan fingerprint density at radius 2 is 1.83 bits per heavy atom. The van der Waals surface area contributed by atoms with Gasteiger partial charge < -0.3 is 4.74 Å². The molecule has 3 nitrogen and oxygen atoms in total. The third kappa shape index (κ3) is 2.77. The topological polar surface area (TPSA) is 43.4 Å². The Morgan fingerprint density at radius 3 is 2.57 bits per heavy atom. The third-order valence-corrected chi connectivity index (χ3v) is 8.89. The first-order valence-corrected chi connectivity index (χ1v) is 11.5. The van der Waals surface area contributed by atoms with Crippen LogP contribution in [0.5, 0.6) is 0 Å². The van der Waals surface area contributed by atoms with Crippen LogP contribution in [0.1, 0.15) is 71.3 Å². The Kier molecular flexibility index (Phi) is 4.57. The van der Waals surface area contributed by atoms with E-state index in [2.05, 4.69) is 44.2 Å². The van der Waals surface area contributed by atoms with Gasteiger partial charge in [-0.2, -0.15) is 0 Å². The van der Waals surface area contributed by atoms with Crippen molar-refractivity contribution in [3.63, 3.8) is 0 Å². The van der Waals surface area contributed by atoms with Crippen LogP contribution in [0.2, 0.25) is 0 Å². The van der Waals surface area contributed by atoms with Gasteiger partial charge in [0, 0.05) is 19.8 Å². The van der Waals surface area contributed by atoms with Gasteiger partial charge in [-0.05, 0) is 67.9 Å². The van der Waals surface area contributed by atoms with Crippen LogP contribution in [-0.4, -0.2) is 17.9 Å². The molecule has 5 atom stereocenters. The largest absolute Gasteiger partial charge is 0.461 e. The van der Waals surface area contributed by atoms with E-state index >= 15 is 0 Å². The molecule has 1 aromatic carbocycles. The molecule has 4 aliphatic rings. The minimum absolute atomic E-state index is 0.126. The lowest BCUT2D eigenvalue weighted by molar-refractivity contribution is -0.148. The van der Waals surface area contributed by atoms with Crippen molar-refractivity contribution >= 4 is 11.8 Å². The number of hydrogen-bond donors (Lipinski definition) is 0. The highest BCUT2D eigenvalue weighted by Crippen LogP contribution is 2.63. The van der Waals surface area contributed by atoms with E-state index in [4.69, 9.17) is 4.74 Å². The van der Waals surface area contributed by atoms with E-state index in [0.29, 0.717) is 24.0 Å². The van der Waals surface area contributed by atoms with Crippen molar-refractivity contribution in [2.45, 2.75) is 77.2 Å². The lowest BCUT2D eigenvalue weighted by Gasteiger charge is -2.52. The highest BCUT2D eigenvalue weighted by Gasteiger charge is 2.56. The van der Waals surface area contributed by atoms with Crippen LogP contribution in [0.4, 0.5) is 0 Å². The fraction of sp³-hybridized carbons (Fsp3) is 0.556. The summed E-state index contributed by atoms with van der Waals surface area (Å²) < 4.78 is 5.96. The molecule has 1 saturated carbocycles. The summed E-state index contributed by atoms with van der Waals surface area (Å²) in [5, 5.41) is 0. The van der Waals surface area contributed by atoms with E-state index in [-0.39, 0.29) is 22.9 Å². The van der Waals surface area contributed by atoms with E-state index in [1.54, 1.807) is 5.57 Å². The van der Waals surface area contributed by atoms with Crippen molar-refractivity contribution in [1.29, 1.82) is 0 Å². The number of ketones is 1. The SMILES string of the molecule is CC(=O)O[C@@H]1CC2=C(CCC3C2CCC2=CC(=O)CC[C@@]23C)[C@]1(C)c1ccccc1. The van der Waals surface area contributed by atoms with Gasteiger partial charge in [0.05, 0.1) is 5.41 Å². The van der Waals surface area contributed by atoms with E-state index in [9.17, 15) is 9.59 Å². The van der Waals surface area contributed by atoms with Crippen LogP contribution in [0, 0.1) is 17.3 Å². The molecule has 0 N–H and O–H groups in total. The molecule has 2 unspecified atom stereocenters. The number of carbonyl (C=O) groups excluding carboxylic acids is 2. The van der Waals surface area contributed by atoms with Crippen molar-refractivity contribution in [2.24, 2.45) is 17.3 Å². The zero-order valence-electron chi connectivity index (χ0n) is 18.4. The maximum atomic E-state index is 12.1. The summed E-state index contributed by atoms with van der Waals surface area (Å²) in [5.74, 6) is 1.27. The number of carbonyl (C=O) groups is 2. The lowest BCUT2D eigenvalue weighted by atomic mass is 9.52. The van der Waals surface area contributed by atoms with E-state index < -0.39 is 0 Å². The molecule has 0 heterocycles. The van der Waals surface area contributed by atoms with Crippen molar-refractivity contribution in [3.8, 4) is 0 Å². The normalized spacial score (nSPS) is 37.8. The van der Waals surface area contributed by atoms with Crippen molar-refractivity contribution < 1.29 is 14.3 Å². The summed E-state index contributed by atoms with van der Waals surface area (Å²) in [4.78, 5) is 24.1. The molecule has 30 heavy (non-hydrogen) atoms. The number of rotatable bonds is 2. The molecule has 3 heteroatoms. The van der Waals surface area contributed by atoms with Gasteiger partial charge in [0.25, 0.3) is 0 Å². The first kappa shape index (κ1) is 19.8. The first-order valence-electron chi connectivity index (χ1n) is 11.5. The quantitative estimate of drug-likeness (QED) is 0.470. The minimum Gasteiger partial charge on any atom is -0.461 e. The van der Waals surface area contributed by atoms with Crippen LogP contribution in [0.3, 0.4) is 0 Å². The van der Waals surface area contributed by atoms with Crippen LogP contribution in [0.25, 0.3) is 0 Å². The molecule has 158 valence electrons. The molecular formula is C27H32O3. The second-order valence-electron chi connectivity index (χ2n) is 10.2. The number of benzene rings is 1. The molecule has 4 aliphatic carbocycles. The molecule has 0 aliphatic heterocycles. The zero-order chi connectivity index (χ0) is 21.1. The summed E-state index contributed by atoms with van der Waals surface area (Å²) >= 11 is 0. The third-order valence-electron chi connectivity index (χ3n) is 8.89. The molecule has 0 saturated heterocycles. The summed E-state index contributed by atoms with van der Waals surface area (Å²) in [7, 11) is 0. The second-order valence-corrected chi connectivity index (χ2v) is 10.2. The Balaban J connectivity index is 1.57. The van der Waals surface area contributed by atoms with E-state index in [1.165, 1.54) is 30.1 Å². The number of fused-ring (bicyclic) bond motifs is 4. The predicted molar refractivity (Wildman–Crippen MR) is 117 cm³/mol. The molecule has 0 aromatic heterocycles. The predicted octanol–water partition coefficient (Wildman–Crippen LogP) is 5.69. The van der Waals surface area contributed by atoms with Crippen molar-refractivity contribution in [2.75, 3.05) is 0 Å². The molecule has 0 radical (unpaired) electrons. The molecule has 1 fully saturated rings. The maximum absolute atomic E-state index is 12.1. The zero-order valence-corrected chi connectivity index (χ0v) is 18.4. The summed E-state index contributed by atoms with van der Waals surface area (Å²) in [6.07, 6.45) is 8.76. The molecule has 0 spiro atoms. The fourth-order valence-corrected chi connectivity index (χ4v) is 7.30. The Bertz CT molecular complexity index is 956. The van der Waals surface area contributed by atoms with Gasteiger partial charge in [0.1, 0.15) is 6.10 Å². The minimum atomic E-state index is -0.243. The fourth-order valence-electron chi connectivity index (χ4n) is 7.30. The van der Waals surface area contributed by atoms with E-state index in [0.717, 1.165) is 32.1 Å². The van der Waals surface area contributed by atoms with Gasteiger partial charge in [-0.3, -0.25) is 9.59 Å². The highest BCUT2D eigenvalue weighted by atomic mass is 16.5. The maximum Gasteiger partial charge on any atom is 0.302 e. The van der Waals surface area contributed by atoms with Crippen LogP contribution < -0.4 is 0 Å².